The molecule has 0 fully saturated rings. The van der Waals surface area contributed by atoms with Crippen molar-refractivity contribution in [1.29, 1.82) is 0 Å². The molecule has 0 aliphatic heterocycles. The van der Waals surface area contributed by atoms with E-state index in [0.29, 0.717) is 17.9 Å². The zero-order chi connectivity index (χ0) is 16.5. The lowest BCUT2D eigenvalue weighted by Gasteiger charge is -2.09. The Morgan fingerprint density at radius 2 is 2.04 bits per heavy atom. The molecule has 2 aromatic carbocycles. The first-order valence-corrected chi connectivity index (χ1v) is 7.97. The summed E-state index contributed by atoms with van der Waals surface area (Å²) in [4.78, 5) is 12.2. The van der Waals surface area contributed by atoms with Crippen LogP contribution in [0, 0.1) is 0 Å². The van der Waals surface area contributed by atoms with Crippen LogP contribution in [0.1, 0.15) is 22.8 Å². The van der Waals surface area contributed by atoms with E-state index in [0.717, 1.165) is 10.0 Å². The van der Waals surface area contributed by atoms with Gasteiger partial charge in [-0.2, -0.15) is 5.10 Å². The molecule has 0 aliphatic carbocycles. The van der Waals surface area contributed by atoms with Gasteiger partial charge in [-0.1, -0.05) is 52.3 Å². The molecule has 0 bridgehead atoms. The highest BCUT2D eigenvalue weighted by Gasteiger charge is 2.12. The Morgan fingerprint density at radius 3 is 2.78 bits per heavy atom. The minimum Gasteiger partial charge on any atom is -0.493 e. The zero-order valence-electron chi connectivity index (χ0n) is 12.7. The van der Waals surface area contributed by atoms with E-state index in [4.69, 9.17) is 4.74 Å². The Bertz CT molecular complexity index is 712. The van der Waals surface area contributed by atoms with Crippen molar-refractivity contribution >= 4 is 34.1 Å². The van der Waals surface area contributed by atoms with Crippen molar-refractivity contribution in [3.8, 4) is 5.75 Å². The van der Waals surface area contributed by atoms with E-state index in [9.17, 15) is 4.79 Å². The van der Waals surface area contributed by atoms with E-state index in [2.05, 4.69) is 26.5 Å². The maximum Gasteiger partial charge on any atom is 0.275 e. The second-order valence-electron chi connectivity index (χ2n) is 4.56. The lowest BCUT2D eigenvalue weighted by atomic mass is 10.2. The van der Waals surface area contributed by atoms with Gasteiger partial charge in [0.05, 0.1) is 12.2 Å². The largest absolute Gasteiger partial charge is 0.493 e. The zero-order valence-corrected chi connectivity index (χ0v) is 14.3. The number of allylic oxidation sites excluding steroid dienone is 1. The fourth-order valence-electron chi connectivity index (χ4n) is 1.88. The van der Waals surface area contributed by atoms with Crippen LogP contribution in [0.2, 0.25) is 0 Å². The average Bonchev–Trinajstić information content (AvgIpc) is 2.57. The van der Waals surface area contributed by atoms with E-state index in [-0.39, 0.29) is 5.91 Å². The first-order valence-electron chi connectivity index (χ1n) is 7.18. The van der Waals surface area contributed by atoms with Crippen molar-refractivity contribution < 1.29 is 9.53 Å². The molecule has 0 unspecified atom stereocenters. The van der Waals surface area contributed by atoms with Gasteiger partial charge in [0.25, 0.3) is 5.91 Å². The lowest BCUT2D eigenvalue weighted by Crippen LogP contribution is -2.18. The van der Waals surface area contributed by atoms with E-state index < -0.39 is 0 Å². The smallest absolute Gasteiger partial charge is 0.275 e. The molecule has 0 radical (unpaired) electrons. The molecule has 2 aromatic rings. The topological polar surface area (TPSA) is 50.7 Å². The van der Waals surface area contributed by atoms with E-state index in [1.54, 1.807) is 18.2 Å². The molecular formula is C18H17BrN2O2. The second-order valence-corrected chi connectivity index (χ2v) is 5.48. The number of hydrazone groups is 1. The predicted molar refractivity (Wildman–Crippen MR) is 96.7 cm³/mol. The molecule has 5 heteroatoms. The second kappa shape index (κ2) is 8.90. The minimum absolute atomic E-state index is 0.320. The molecule has 23 heavy (non-hydrogen) atoms. The Kier molecular flexibility index (Phi) is 6.56. The molecule has 1 N–H and O–H groups in total. The number of nitrogens with one attached hydrogen (secondary N) is 1. The minimum atomic E-state index is -0.320. The highest BCUT2D eigenvalue weighted by atomic mass is 79.9. The number of rotatable bonds is 6. The number of hydrogen-bond donors (Lipinski definition) is 1. The summed E-state index contributed by atoms with van der Waals surface area (Å²) in [6.07, 6.45) is 5.20. The number of ether oxygens (including phenoxy) is 1. The van der Waals surface area contributed by atoms with Crippen LogP contribution in [0.5, 0.6) is 5.75 Å². The summed E-state index contributed by atoms with van der Waals surface area (Å²) >= 11 is 3.35. The summed E-state index contributed by atoms with van der Waals surface area (Å²) in [5.41, 5.74) is 3.99. The van der Waals surface area contributed by atoms with Crippen molar-refractivity contribution in [3.05, 3.63) is 70.2 Å². The first kappa shape index (κ1) is 17.0. The predicted octanol–water partition coefficient (Wildman–Crippen LogP) is 4.28. The van der Waals surface area contributed by atoms with Crippen LogP contribution in [0.25, 0.3) is 6.08 Å². The van der Waals surface area contributed by atoms with Crippen LogP contribution in [0.4, 0.5) is 0 Å². The van der Waals surface area contributed by atoms with Crippen molar-refractivity contribution in [1.82, 2.24) is 5.43 Å². The quantitative estimate of drug-likeness (QED) is 0.607. The van der Waals surface area contributed by atoms with E-state index in [1.807, 2.05) is 49.4 Å². The molecule has 118 valence electrons. The van der Waals surface area contributed by atoms with Gasteiger partial charge in [-0.3, -0.25) is 4.79 Å². The SMILES string of the molecule is CCOc1ccc(Br)cc1C(=O)N/N=C\C=C\c1ccccc1. The summed E-state index contributed by atoms with van der Waals surface area (Å²) < 4.78 is 6.26. The number of carbonyl (C=O) groups excluding carboxylic acids is 1. The molecule has 4 nitrogen and oxygen atoms in total. The third-order valence-electron chi connectivity index (χ3n) is 2.90. The number of benzene rings is 2. The molecule has 0 saturated carbocycles. The van der Waals surface area contributed by atoms with Gasteiger partial charge >= 0.3 is 0 Å². The number of halogens is 1. The summed E-state index contributed by atoms with van der Waals surface area (Å²) in [6.45, 7) is 2.36. The molecule has 0 spiro atoms. The van der Waals surface area contributed by atoms with E-state index in [1.165, 1.54) is 6.21 Å². The number of amides is 1. The molecular weight excluding hydrogens is 356 g/mol. The number of carbonyl (C=O) groups is 1. The lowest BCUT2D eigenvalue weighted by molar-refractivity contribution is 0.0951. The highest BCUT2D eigenvalue weighted by Crippen LogP contribution is 2.23. The van der Waals surface area contributed by atoms with E-state index >= 15 is 0 Å². The summed E-state index contributed by atoms with van der Waals surface area (Å²) in [5.74, 6) is 0.210. The van der Waals surface area contributed by atoms with Crippen LogP contribution in [0.15, 0.2) is 64.2 Å². The number of hydrogen-bond acceptors (Lipinski definition) is 3. The Labute approximate surface area is 144 Å². The Hall–Kier alpha value is -2.40. The van der Waals surface area contributed by atoms with Gasteiger partial charge in [0, 0.05) is 10.7 Å². The maximum absolute atomic E-state index is 12.2. The molecule has 0 aliphatic rings. The Morgan fingerprint density at radius 1 is 1.26 bits per heavy atom. The maximum atomic E-state index is 12.2. The molecule has 0 atom stereocenters. The van der Waals surface area contributed by atoms with Gasteiger partial charge in [0.2, 0.25) is 0 Å². The van der Waals surface area contributed by atoms with Crippen molar-refractivity contribution in [3.63, 3.8) is 0 Å². The van der Waals surface area contributed by atoms with Crippen molar-refractivity contribution in [2.75, 3.05) is 6.61 Å². The van der Waals surface area contributed by atoms with Gasteiger partial charge in [-0.25, -0.2) is 5.43 Å². The fourth-order valence-corrected chi connectivity index (χ4v) is 2.24. The van der Waals surface area contributed by atoms with Crippen LogP contribution in [0.3, 0.4) is 0 Å². The molecule has 0 heterocycles. The van der Waals surface area contributed by atoms with Crippen molar-refractivity contribution in [2.45, 2.75) is 6.92 Å². The number of nitrogens with zero attached hydrogens (tertiary/aromatic N) is 1. The van der Waals surface area contributed by atoms with Crippen LogP contribution in [-0.4, -0.2) is 18.7 Å². The summed E-state index contributed by atoms with van der Waals surface area (Å²) in [7, 11) is 0. The van der Waals surface area contributed by atoms with Gasteiger partial charge in [-0.15, -0.1) is 0 Å². The summed E-state index contributed by atoms with van der Waals surface area (Å²) in [6, 6.07) is 15.1. The van der Waals surface area contributed by atoms with Crippen LogP contribution >= 0.6 is 15.9 Å². The summed E-state index contributed by atoms with van der Waals surface area (Å²) in [5, 5.41) is 3.91. The van der Waals surface area contributed by atoms with Gasteiger partial charge in [0.15, 0.2) is 0 Å². The standard InChI is InChI=1S/C18H17BrN2O2/c1-2-23-17-11-10-15(19)13-16(17)18(22)21-20-12-6-9-14-7-4-3-5-8-14/h3-13H,2H2,1H3,(H,21,22)/b9-6+,20-12-. The normalized spacial score (nSPS) is 11.0. The third kappa shape index (κ3) is 5.38. The third-order valence-corrected chi connectivity index (χ3v) is 3.39. The fraction of sp³-hybridized carbons (Fsp3) is 0.111. The molecule has 1 amide bonds. The molecule has 2 rings (SSSR count). The molecule has 0 aromatic heterocycles. The van der Waals surface area contributed by atoms with Crippen LogP contribution < -0.4 is 10.2 Å². The van der Waals surface area contributed by atoms with Gasteiger partial charge in [-0.05, 0) is 36.8 Å². The van der Waals surface area contributed by atoms with Gasteiger partial charge < -0.3 is 4.74 Å². The van der Waals surface area contributed by atoms with Gasteiger partial charge in [0.1, 0.15) is 5.75 Å². The highest BCUT2D eigenvalue weighted by molar-refractivity contribution is 9.10. The molecule has 0 saturated heterocycles. The van der Waals surface area contributed by atoms with Crippen molar-refractivity contribution in [2.24, 2.45) is 5.10 Å². The average molecular weight is 373 g/mol. The first-order chi connectivity index (χ1) is 11.2. The van der Waals surface area contributed by atoms with Crippen LogP contribution in [-0.2, 0) is 0 Å². The monoisotopic (exact) mass is 372 g/mol. The Balaban J connectivity index is 1.98.